The Morgan fingerprint density at radius 1 is 0.484 bits per heavy atom. The first kappa shape index (κ1) is 38.9. The third-order valence-electron chi connectivity index (χ3n) is 14.6. The first-order valence-electron chi connectivity index (χ1n) is 23.0. The molecule has 3 nitrogen and oxygen atoms in total. The molecule has 312 valence electrons. The molecule has 0 fully saturated rings. The molecule has 0 bridgehead atoms. The molecule has 0 amide bonds. The third kappa shape index (κ3) is 5.60. The largest absolute Gasteiger partial charge is 0.455 e. The van der Waals surface area contributed by atoms with Gasteiger partial charge < -0.3 is 14.2 Å². The molecule has 2 aliphatic heterocycles. The van der Waals surface area contributed by atoms with Crippen LogP contribution < -0.4 is 26.2 Å². The first-order valence-corrected chi connectivity index (χ1v) is 23.0. The Labute approximate surface area is 378 Å². The van der Waals surface area contributed by atoms with Crippen LogP contribution in [0.1, 0.15) is 83.2 Å². The van der Waals surface area contributed by atoms with E-state index in [1.54, 1.807) is 0 Å². The zero-order valence-electron chi connectivity index (χ0n) is 38.4. The molecule has 64 heavy (non-hydrogen) atoms. The lowest BCUT2D eigenvalue weighted by Gasteiger charge is -2.45. The van der Waals surface area contributed by atoms with Crippen molar-refractivity contribution in [3.63, 3.8) is 0 Å². The summed E-state index contributed by atoms with van der Waals surface area (Å²) in [7, 11) is 0. The van der Waals surface area contributed by atoms with Crippen LogP contribution in [0.15, 0.2) is 162 Å². The maximum Gasteiger partial charge on any atom is 0.252 e. The number of para-hydroxylation sites is 2. The van der Waals surface area contributed by atoms with Crippen LogP contribution >= 0.6 is 0 Å². The van der Waals surface area contributed by atoms with Gasteiger partial charge in [0, 0.05) is 55.9 Å². The van der Waals surface area contributed by atoms with E-state index < -0.39 is 0 Å². The standard InChI is InChI=1S/C60H53BN2O/c1-36-31-53-56-54(32-36)63(41-27-28-44-43-15-10-12-19-47(43)60(8,9)48(44)35-41)52-34-39(59(5,6)7)24-30-50(52)61(56)49-29-23-38(58(2,3)4)33-51(49)62(53)40-25-21-37(22-26-40)42-17-14-18-46-45-16-11-13-20-55(45)64-57(42)46/h10-35H,1-9H3. The summed E-state index contributed by atoms with van der Waals surface area (Å²) in [6.45, 7) is 21.0. The average Bonchev–Trinajstić information content (AvgIpc) is 3.77. The molecular weight excluding hydrogens is 775 g/mol. The van der Waals surface area contributed by atoms with Gasteiger partial charge in [-0.05, 0) is 133 Å². The Morgan fingerprint density at radius 2 is 1.05 bits per heavy atom. The molecular formula is C60H53BN2O. The van der Waals surface area contributed by atoms with E-state index in [4.69, 9.17) is 4.42 Å². The van der Waals surface area contributed by atoms with Crippen LogP contribution in [0, 0.1) is 6.92 Å². The number of nitrogens with zero attached hydrogens (tertiary/aromatic N) is 2. The van der Waals surface area contributed by atoms with Gasteiger partial charge in [0.15, 0.2) is 0 Å². The number of hydrogen-bond acceptors (Lipinski definition) is 3. The van der Waals surface area contributed by atoms with Gasteiger partial charge in [0.05, 0.1) is 0 Å². The zero-order chi connectivity index (χ0) is 44.0. The molecule has 0 unspecified atom stereocenters. The van der Waals surface area contributed by atoms with Crippen molar-refractivity contribution in [1.29, 1.82) is 0 Å². The van der Waals surface area contributed by atoms with Gasteiger partial charge in [0.25, 0.3) is 6.71 Å². The number of rotatable bonds is 3. The van der Waals surface area contributed by atoms with Gasteiger partial charge in [0.1, 0.15) is 11.2 Å². The van der Waals surface area contributed by atoms with Crippen molar-refractivity contribution < 1.29 is 4.42 Å². The normalized spacial score (nSPS) is 14.7. The van der Waals surface area contributed by atoms with Crippen molar-refractivity contribution in [1.82, 2.24) is 0 Å². The predicted molar refractivity (Wildman–Crippen MR) is 273 cm³/mol. The highest BCUT2D eigenvalue weighted by Gasteiger charge is 2.45. The van der Waals surface area contributed by atoms with Gasteiger partial charge in [-0.15, -0.1) is 0 Å². The first-order chi connectivity index (χ1) is 30.7. The summed E-state index contributed by atoms with van der Waals surface area (Å²) in [5.41, 5.74) is 24.6. The predicted octanol–water partition coefficient (Wildman–Crippen LogP) is 14.5. The van der Waals surface area contributed by atoms with Crippen LogP contribution in [0.25, 0.3) is 44.2 Å². The maximum atomic E-state index is 6.52. The SMILES string of the molecule is Cc1cc2c3c(c1)N(c1ccc4c(c1)C(C)(C)c1ccccc1-4)c1cc(C(C)(C)C)ccc1B3c1ccc(C(C)(C)C)cc1N2c1ccc(-c2cccc3c2oc2ccccc23)cc1. The van der Waals surface area contributed by atoms with Crippen LogP contribution in [0.4, 0.5) is 34.1 Å². The Bertz CT molecular complexity index is 3410. The molecule has 0 spiro atoms. The minimum absolute atomic E-state index is 0.0225. The van der Waals surface area contributed by atoms with Crippen molar-refractivity contribution in [2.24, 2.45) is 0 Å². The molecule has 0 saturated heterocycles. The van der Waals surface area contributed by atoms with E-state index in [2.05, 4.69) is 224 Å². The Balaban J connectivity index is 1.09. The van der Waals surface area contributed by atoms with Gasteiger partial charge >= 0.3 is 0 Å². The van der Waals surface area contributed by atoms with E-state index in [1.807, 2.05) is 6.07 Å². The Morgan fingerprint density at radius 3 is 1.72 bits per heavy atom. The summed E-state index contributed by atoms with van der Waals surface area (Å²) in [5.74, 6) is 0. The molecule has 0 saturated carbocycles. The van der Waals surface area contributed by atoms with Crippen LogP contribution in [-0.2, 0) is 16.2 Å². The lowest BCUT2D eigenvalue weighted by atomic mass is 9.33. The summed E-state index contributed by atoms with van der Waals surface area (Å²) >= 11 is 0. The molecule has 4 heteroatoms. The highest BCUT2D eigenvalue weighted by molar-refractivity contribution is 7.00. The van der Waals surface area contributed by atoms with Gasteiger partial charge in [-0.25, -0.2) is 0 Å². The van der Waals surface area contributed by atoms with E-state index >= 15 is 0 Å². The number of benzene rings is 8. The second-order valence-corrected chi connectivity index (χ2v) is 21.1. The number of fused-ring (bicyclic) bond motifs is 10. The Kier molecular flexibility index (Phi) is 8.12. The summed E-state index contributed by atoms with van der Waals surface area (Å²) in [6.07, 6.45) is 0. The van der Waals surface area contributed by atoms with E-state index in [-0.39, 0.29) is 23.0 Å². The number of furan rings is 1. The molecule has 3 heterocycles. The summed E-state index contributed by atoms with van der Waals surface area (Å²) in [4.78, 5) is 5.14. The van der Waals surface area contributed by atoms with E-state index in [0.717, 1.165) is 38.8 Å². The Hall–Kier alpha value is -6.78. The molecule has 1 aliphatic carbocycles. The molecule has 3 aliphatic rings. The molecule has 0 N–H and O–H groups in total. The van der Waals surface area contributed by atoms with Crippen molar-refractivity contribution >= 4 is 79.2 Å². The fourth-order valence-electron chi connectivity index (χ4n) is 11.2. The van der Waals surface area contributed by atoms with Gasteiger partial charge in [-0.2, -0.15) is 0 Å². The van der Waals surface area contributed by atoms with Gasteiger partial charge in [-0.3, -0.25) is 0 Å². The summed E-state index contributed by atoms with van der Waals surface area (Å²) in [5, 5.41) is 2.29. The fourth-order valence-corrected chi connectivity index (χ4v) is 11.2. The minimum atomic E-state index is -0.120. The highest BCUT2D eigenvalue weighted by atomic mass is 16.3. The van der Waals surface area contributed by atoms with E-state index in [1.165, 1.54) is 83.8 Å². The molecule has 12 rings (SSSR count). The average molecular weight is 829 g/mol. The van der Waals surface area contributed by atoms with E-state index in [0.29, 0.717) is 0 Å². The molecule has 0 radical (unpaired) electrons. The number of aryl methyl sites for hydroxylation is 1. The fraction of sp³-hybridized carbons (Fsp3) is 0.200. The van der Waals surface area contributed by atoms with Crippen molar-refractivity contribution in [2.45, 2.75) is 78.6 Å². The van der Waals surface area contributed by atoms with Crippen LogP contribution in [0.2, 0.25) is 0 Å². The second kappa shape index (κ2) is 13.4. The summed E-state index contributed by atoms with van der Waals surface area (Å²) < 4.78 is 6.52. The lowest BCUT2D eigenvalue weighted by molar-refractivity contribution is 0.590. The molecule has 0 atom stereocenters. The monoisotopic (exact) mass is 828 g/mol. The lowest BCUT2D eigenvalue weighted by Crippen LogP contribution is -2.61. The molecule has 1 aromatic heterocycles. The van der Waals surface area contributed by atoms with Crippen LogP contribution in [0.3, 0.4) is 0 Å². The molecule has 8 aromatic carbocycles. The van der Waals surface area contributed by atoms with Gasteiger partial charge in [-0.1, -0.05) is 159 Å². The smallest absolute Gasteiger partial charge is 0.252 e. The zero-order valence-corrected chi connectivity index (χ0v) is 38.4. The van der Waals surface area contributed by atoms with Crippen LogP contribution in [-0.4, -0.2) is 6.71 Å². The minimum Gasteiger partial charge on any atom is -0.455 e. The summed E-state index contributed by atoms with van der Waals surface area (Å²) in [6, 6.07) is 59.7. The quantitative estimate of drug-likeness (QED) is 0.165. The van der Waals surface area contributed by atoms with E-state index in [9.17, 15) is 0 Å². The second-order valence-electron chi connectivity index (χ2n) is 21.1. The topological polar surface area (TPSA) is 19.6 Å². The number of hydrogen-bond donors (Lipinski definition) is 0. The molecule has 9 aromatic rings. The van der Waals surface area contributed by atoms with Crippen molar-refractivity contribution in [3.05, 3.63) is 186 Å². The number of anilines is 6. The third-order valence-corrected chi connectivity index (χ3v) is 14.6. The highest BCUT2D eigenvalue weighted by Crippen LogP contribution is 2.52. The van der Waals surface area contributed by atoms with Gasteiger partial charge in [0.2, 0.25) is 0 Å². The maximum absolute atomic E-state index is 6.52. The van der Waals surface area contributed by atoms with Crippen LogP contribution in [0.5, 0.6) is 0 Å². The van der Waals surface area contributed by atoms with Crippen molar-refractivity contribution in [2.75, 3.05) is 9.80 Å². The van der Waals surface area contributed by atoms with Crippen molar-refractivity contribution in [3.8, 4) is 22.3 Å².